The Morgan fingerprint density at radius 3 is 3.00 bits per heavy atom. The highest BCUT2D eigenvalue weighted by atomic mass is 15.1. The summed E-state index contributed by atoms with van der Waals surface area (Å²) in [4.78, 5) is 4.53. The van der Waals surface area contributed by atoms with Crippen LogP contribution in [0.1, 0.15) is 12.2 Å². The number of aromatic nitrogens is 2. The number of imidazole rings is 1. The molecule has 1 heterocycles. The normalized spacial score (nSPS) is 10.5. The van der Waals surface area contributed by atoms with Crippen LogP contribution in [0.3, 0.4) is 0 Å². The first kappa shape index (κ1) is 10.7. The van der Waals surface area contributed by atoms with Crippen LogP contribution in [0.15, 0.2) is 24.3 Å². The average Bonchev–Trinajstić information content (AvgIpc) is 2.63. The van der Waals surface area contributed by atoms with E-state index < -0.39 is 0 Å². The topological polar surface area (TPSA) is 53.6 Å². The van der Waals surface area contributed by atoms with Crippen LogP contribution < -0.4 is 5.32 Å². The van der Waals surface area contributed by atoms with Crippen LogP contribution in [0, 0.1) is 11.3 Å². The standard InChI is InChI=1S/C12H14N4/c1-16-11-6-3-2-5-10(11)15-12(16)9-14-8-4-7-13/h2-3,5-6,14H,4,8-9H2,1H3. The summed E-state index contributed by atoms with van der Waals surface area (Å²) in [5.74, 6) is 0.999. The highest BCUT2D eigenvalue weighted by Gasteiger charge is 2.05. The van der Waals surface area contributed by atoms with Crippen LogP contribution in [0.2, 0.25) is 0 Å². The van der Waals surface area contributed by atoms with Crippen molar-refractivity contribution in [3.8, 4) is 6.07 Å². The summed E-state index contributed by atoms with van der Waals surface area (Å²) in [7, 11) is 2.01. The molecule has 82 valence electrons. The first-order valence-corrected chi connectivity index (χ1v) is 5.31. The molecule has 0 aliphatic carbocycles. The number of hydrogen-bond donors (Lipinski definition) is 1. The van der Waals surface area contributed by atoms with Gasteiger partial charge in [0.1, 0.15) is 5.82 Å². The summed E-state index contributed by atoms with van der Waals surface area (Å²) in [5, 5.41) is 11.6. The Balaban J connectivity index is 2.13. The lowest BCUT2D eigenvalue weighted by Crippen LogP contribution is -2.17. The molecule has 0 amide bonds. The van der Waals surface area contributed by atoms with Gasteiger partial charge in [0, 0.05) is 20.0 Å². The smallest absolute Gasteiger partial charge is 0.123 e. The van der Waals surface area contributed by atoms with Gasteiger partial charge in [-0.15, -0.1) is 0 Å². The number of nitriles is 1. The molecule has 0 bridgehead atoms. The lowest BCUT2D eigenvalue weighted by atomic mass is 10.3. The molecule has 2 rings (SSSR count). The lowest BCUT2D eigenvalue weighted by molar-refractivity contribution is 0.650. The Hall–Kier alpha value is -1.86. The van der Waals surface area contributed by atoms with Gasteiger partial charge in [-0.3, -0.25) is 0 Å². The monoisotopic (exact) mass is 214 g/mol. The van der Waals surface area contributed by atoms with E-state index in [0.717, 1.165) is 16.9 Å². The van der Waals surface area contributed by atoms with Gasteiger partial charge in [0.25, 0.3) is 0 Å². The van der Waals surface area contributed by atoms with Crippen molar-refractivity contribution in [2.45, 2.75) is 13.0 Å². The third-order valence-corrected chi connectivity index (χ3v) is 2.58. The molecule has 0 aliphatic heterocycles. The van der Waals surface area contributed by atoms with E-state index in [1.807, 2.05) is 25.2 Å². The highest BCUT2D eigenvalue weighted by molar-refractivity contribution is 5.75. The van der Waals surface area contributed by atoms with E-state index in [9.17, 15) is 0 Å². The number of rotatable bonds is 4. The minimum Gasteiger partial charge on any atom is -0.330 e. The van der Waals surface area contributed by atoms with E-state index >= 15 is 0 Å². The molecule has 0 atom stereocenters. The molecule has 2 aromatic rings. The van der Waals surface area contributed by atoms with Gasteiger partial charge in [0.2, 0.25) is 0 Å². The third kappa shape index (κ3) is 2.05. The summed E-state index contributed by atoms with van der Waals surface area (Å²) in [6, 6.07) is 10.2. The van der Waals surface area contributed by atoms with E-state index in [2.05, 4.69) is 27.0 Å². The molecular weight excluding hydrogens is 200 g/mol. The highest BCUT2D eigenvalue weighted by Crippen LogP contribution is 2.13. The van der Waals surface area contributed by atoms with Gasteiger partial charge in [-0.25, -0.2) is 4.98 Å². The molecule has 0 spiro atoms. The Morgan fingerprint density at radius 1 is 1.44 bits per heavy atom. The van der Waals surface area contributed by atoms with Crippen molar-refractivity contribution < 1.29 is 0 Å². The predicted molar refractivity (Wildman–Crippen MR) is 62.7 cm³/mol. The molecule has 4 heteroatoms. The zero-order valence-electron chi connectivity index (χ0n) is 9.27. The minimum absolute atomic E-state index is 0.532. The first-order valence-electron chi connectivity index (χ1n) is 5.31. The number of aryl methyl sites for hydroxylation is 1. The number of fused-ring (bicyclic) bond motifs is 1. The Kier molecular flexibility index (Phi) is 3.18. The van der Waals surface area contributed by atoms with Crippen LogP contribution in [-0.4, -0.2) is 16.1 Å². The van der Waals surface area contributed by atoms with E-state index in [1.165, 1.54) is 0 Å². The van der Waals surface area contributed by atoms with Crippen LogP contribution in [0.4, 0.5) is 0 Å². The number of hydrogen-bond acceptors (Lipinski definition) is 3. The molecule has 0 saturated heterocycles. The van der Waals surface area contributed by atoms with E-state index in [1.54, 1.807) is 0 Å². The third-order valence-electron chi connectivity index (χ3n) is 2.58. The Bertz CT molecular complexity index is 521. The number of para-hydroxylation sites is 2. The van der Waals surface area contributed by atoms with Crippen LogP contribution >= 0.6 is 0 Å². The van der Waals surface area contributed by atoms with Gasteiger partial charge in [-0.2, -0.15) is 5.26 Å². The van der Waals surface area contributed by atoms with Crippen molar-refractivity contribution in [2.75, 3.05) is 6.54 Å². The van der Waals surface area contributed by atoms with E-state index in [-0.39, 0.29) is 0 Å². The number of benzene rings is 1. The maximum absolute atomic E-state index is 8.42. The molecule has 1 aromatic carbocycles. The lowest BCUT2D eigenvalue weighted by Gasteiger charge is -2.02. The van der Waals surface area contributed by atoms with Gasteiger partial charge in [-0.05, 0) is 12.1 Å². The summed E-state index contributed by atoms with van der Waals surface area (Å²) in [5.41, 5.74) is 2.15. The Morgan fingerprint density at radius 2 is 2.25 bits per heavy atom. The zero-order valence-corrected chi connectivity index (χ0v) is 9.27. The van der Waals surface area contributed by atoms with Crippen LogP contribution in [-0.2, 0) is 13.6 Å². The van der Waals surface area contributed by atoms with Crippen molar-refractivity contribution in [3.05, 3.63) is 30.1 Å². The molecule has 0 aliphatic rings. The van der Waals surface area contributed by atoms with E-state index in [0.29, 0.717) is 19.5 Å². The summed E-state index contributed by atoms with van der Waals surface area (Å²) >= 11 is 0. The molecule has 4 nitrogen and oxygen atoms in total. The minimum atomic E-state index is 0.532. The van der Waals surface area contributed by atoms with Crippen molar-refractivity contribution in [2.24, 2.45) is 7.05 Å². The van der Waals surface area contributed by atoms with Gasteiger partial charge < -0.3 is 9.88 Å². The summed E-state index contributed by atoms with van der Waals surface area (Å²) in [6.07, 6.45) is 0.532. The summed E-state index contributed by atoms with van der Waals surface area (Å²) < 4.78 is 2.08. The van der Waals surface area contributed by atoms with Crippen molar-refractivity contribution >= 4 is 11.0 Å². The van der Waals surface area contributed by atoms with Crippen molar-refractivity contribution in [1.82, 2.24) is 14.9 Å². The second kappa shape index (κ2) is 4.77. The molecular formula is C12H14N4. The van der Waals surface area contributed by atoms with E-state index in [4.69, 9.17) is 5.26 Å². The molecule has 16 heavy (non-hydrogen) atoms. The molecule has 0 radical (unpaired) electrons. The predicted octanol–water partition coefficient (Wildman–Crippen LogP) is 1.58. The molecule has 0 saturated carbocycles. The van der Waals surface area contributed by atoms with Gasteiger partial charge in [-0.1, -0.05) is 12.1 Å². The first-order chi connectivity index (χ1) is 7.83. The second-order valence-corrected chi connectivity index (χ2v) is 3.66. The second-order valence-electron chi connectivity index (χ2n) is 3.66. The van der Waals surface area contributed by atoms with Crippen LogP contribution in [0.5, 0.6) is 0 Å². The SMILES string of the molecule is Cn1c(CNCCC#N)nc2ccccc21. The quantitative estimate of drug-likeness (QED) is 0.786. The van der Waals surface area contributed by atoms with Crippen molar-refractivity contribution in [3.63, 3.8) is 0 Å². The molecule has 1 N–H and O–H groups in total. The fraction of sp³-hybridized carbons (Fsp3) is 0.333. The van der Waals surface area contributed by atoms with Gasteiger partial charge in [0.15, 0.2) is 0 Å². The molecule has 1 aromatic heterocycles. The largest absolute Gasteiger partial charge is 0.330 e. The Labute approximate surface area is 94.5 Å². The molecule has 0 unspecified atom stereocenters. The fourth-order valence-corrected chi connectivity index (χ4v) is 1.70. The summed E-state index contributed by atoms with van der Waals surface area (Å²) in [6.45, 7) is 1.41. The average molecular weight is 214 g/mol. The number of nitrogens with zero attached hydrogens (tertiary/aromatic N) is 3. The van der Waals surface area contributed by atoms with Crippen molar-refractivity contribution in [1.29, 1.82) is 5.26 Å². The van der Waals surface area contributed by atoms with Gasteiger partial charge in [0.05, 0.1) is 23.6 Å². The number of nitrogens with one attached hydrogen (secondary N) is 1. The maximum atomic E-state index is 8.42. The maximum Gasteiger partial charge on any atom is 0.123 e. The zero-order chi connectivity index (χ0) is 11.4. The fourth-order valence-electron chi connectivity index (χ4n) is 1.70. The molecule has 0 fully saturated rings. The van der Waals surface area contributed by atoms with Gasteiger partial charge >= 0.3 is 0 Å². The van der Waals surface area contributed by atoms with Crippen LogP contribution in [0.25, 0.3) is 11.0 Å².